The molecule has 2 aromatic rings. The highest BCUT2D eigenvalue weighted by atomic mass is 35.5. The Morgan fingerprint density at radius 2 is 1.76 bits per heavy atom. The minimum absolute atomic E-state index is 0.725. The normalized spacial score (nSPS) is 16.1. The summed E-state index contributed by atoms with van der Waals surface area (Å²) in [7, 11) is 0. The number of hydrogen-bond acceptors (Lipinski definition) is 2. The second kappa shape index (κ2) is 6.40. The SMILES string of the molecule is Nc1ccc(N2CCC(Cc3ccccc3)CC2)c(Cl)c1. The van der Waals surface area contributed by atoms with Crippen LogP contribution in [0.2, 0.25) is 5.02 Å². The lowest BCUT2D eigenvalue weighted by Crippen LogP contribution is -2.34. The van der Waals surface area contributed by atoms with E-state index in [1.807, 2.05) is 18.2 Å². The Hall–Kier alpha value is -1.67. The van der Waals surface area contributed by atoms with Gasteiger partial charge >= 0.3 is 0 Å². The van der Waals surface area contributed by atoms with Gasteiger partial charge in [-0.2, -0.15) is 0 Å². The molecule has 2 N–H and O–H groups in total. The summed E-state index contributed by atoms with van der Waals surface area (Å²) in [6.45, 7) is 2.14. The summed E-state index contributed by atoms with van der Waals surface area (Å²) in [5.74, 6) is 0.774. The third kappa shape index (κ3) is 3.51. The topological polar surface area (TPSA) is 29.3 Å². The third-order valence-corrected chi connectivity index (χ3v) is 4.60. The van der Waals surface area contributed by atoms with Crippen LogP contribution < -0.4 is 10.6 Å². The number of piperidine rings is 1. The molecular formula is C18H21ClN2. The van der Waals surface area contributed by atoms with Crippen LogP contribution in [0.25, 0.3) is 0 Å². The fourth-order valence-corrected chi connectivity index (χ4v) is 3.41. The molecule has 2 nitrogen and oxygen atoms in total. The van der Waals surface area contributed by atoms with Crippen LogP contribution >= 0.6 is 11.6 Å². The summed E-state index contributed by atoms with van der Waals surface area (Å²) in [4.78, 5) is 2.38. The maximum atomic E-state index is 6.31. The summed E-state index contributed by atoms with van der Waals surface area (Å²) in [5, 5.41) is 0.761. The zero-order chi connectivity index (χ0) is 14.7. The average Bonchev–Trinajstić information content (AvgIpc) is 2.49. The third-order valence-electron chi connectivity index (χ3n) is 4.29. The second-order valence-electron chi connectivity index (χ2n) is 5.83. The molecule has 0 spiro atoms. The van der Waals surface area contributed by atoms with Gasteiger partial charge in [0.15, 0.2) is 0 Å². The van der Waals surface area contributed by atoms with Crippen molar-refractivity contribution in [3.05, 3.63) is 59.1 Å². The van der Waals surface area contributed by atoms with Gasteiger partial charge in [0.25, 0.3) is 0 Å². The van der Waals surface area contributed by atoms with Crippen LogP contribution in [-0.2, 0) is 6.42 Å². The minimum Gasteiger partial charge on any atom is -0.399 e. The number of nitrogen functional groups attached to an aromatic ring is 1. The van der Waals surface area contributed by atoms with E-state index < -0.39 is 0 Å². The molecule has 1 fully saturated rings. The van der Waals surface area contributed by atoms with Crippen molar-refractivity contribution in [3.8, 4) is 0 Å². The summed E-state index contributed by atoms with van der Waals surface area (Å²) >= 11 is 6.31. The summed E-state index contributed by atoms with van der Waals surface area (Å²) in [6.07, 6.45) is 3.62. The van der Waals surface area contributed by atoms with Gasteiger partial charge in [-0.1, -0.05) is 41.9 Å². The molecule has 3 rings (SSSR count). The Morgan fingerprint density at radius 1 is 1.05 bits per heavy atom. The standard InChI is InChI=1S/C18H21ClN2/c19-17-13-16(20)6-7-18(17)21-10-8-15(9-11-21)12-14-4-2-1-3-5-14/h1-7,13,15H,8-12,20H2. The average molecular weight is 301 g/mol. The first-order valence-electron chi connectivity index (χ1n) is 7.56. The van der Waals surface area contributed by atoms with Crippen molar-refractivity contribution in [1.29, 1.82) is 0 Å². The highest BCUT2D eigenvalue weighted by molar-refractivity contribution is 6.33. The number of benzene rings is 2. The van der Waals surface area contributed by atoms with Crippen molar-refractivity contribution in [2.24, 2.45) is 5.92 Å². The van der Waals surface area contributed by atoms with Crippen LogP contribution in [-0.4, -0.2) is 13.1 Å². The van der Waals surface area contributed by atoms with Gasteiger partial charge in [-0.25, -0.2) is 0 Å². The van der Waals surface area contributed by atoms with E-state index in [0.29, 0.717) is 0 Å². The fraction of sp³-hybridized carbons (Fsp3) is 0.333. The van der Waals surface area contributed by atoms with E-state index in [-0.39, 0.29) is 0 Å². The zero-order valence-electron chi connectivity index (χ0n) is 12.1. The van der Waals surface area contributed by atoms with Gasteiger partial charge in [0.1, 0.15) is 0 Å². The number of nitrogens with two attached hydrogens (primary N) is 1. The molecule has 0 atom stereocenters. The summed E-state index contributed by atoms with van der Waals surface area (Å²) < 4.78 is 0. The Labute approximate surface area is 131 Å². The quantitative estimate of drug-likeness (QED) is 0.852. The first kappa shape index (κ1) is 14.3. The Balaban J connectivity index is 1.60. The van der Waals surface area contributed by atoms with Crippen molar-refractivity contribution in [2.75, 3.05) is 23.7 Å². The molecular weight excluding hydrogens is 280 g/mol. The molecule has 0 radical (unpaired) electrons. The molecule has 21 heavy (non-hydrogen) atoms. The number of rotatable bonds is 3. The van der Waals surface area contributed by atoms with E-state index in [9.17, 15) is 0 Å². The Bertz CT molecular complexity index is 589. The predicted molar refractivity (Wildman–Crippen MR) is 90.9 cm³/mol. The lowest BCUT2D eigenvalue weighted by molar-refractivity contribution is 0.404. The summed E-state index contributed by atoms with van der Waals surface area (Å²) in [5.41, 5.74) is 9.05. The van der Waals surface area contributed by atoms with Crippen molar-refractivity contribution in [2.45, 2.75) is 19.3 Å². The fourth-order valence-electron chi connectivity index (χ4n) is 3.11. The number of halogens is 1. The van der Waals surface area contributed by atoms with Crippen molar-refractivity contribution < 1.29 is 0 Å². The molecule has 2 aromatic carbocycles. The van der Waals surface area contributed by atoms with E-state index in [4.69, 9.17) is 17.3 Å². The molecule has 0 saturated carbocycles. The molecule has 110 valence electrons. The van der Waals surface area contributed by atoms with Crippen LogP contribution in [0, 0.1) is 5.92 Å². The zero-order valence-corrected chi connectivity index (χ0v) is 12.9. The molecule has 0 aromatic heterocycles. The molecule has 1 heterocycles. The molecule has 1 aliphatic heterocycles. The van der Waals surface area contributed by atoms with Crippen molar-refractivity contribution in [1.82, 2.24) is 0 Å². The number of nitrogens with zero attached hydrogens (tertiary/aromatic N) is 1. The largest absolute Gasteiger partial charge is 0.399 e. The van der Waals surface area contributed by atoms with Crippen LogP contribution in [0.1, 0.15) is 18.4 Å². The predicted octanol–water partition coefficient (Wildman–Crippen LogP) is 4.38. The molecule has 0 aliphatic carbocycles. The van der Waals surface area contributed by atoms with Gasteiger partial charge in [-0.3, -0.25) is 0 Å². The van der Waals surface area contributed by atoms with Gasteiger partial charge in [0.05, 0.1) is 10.7 Å². The number of hydrogen-bond donors (Lipinski definition) is 1. The lowest BCUT2D eigenvalue weighted by atomic mass is 9.90. The van der Waals surface area contributed by atoms with Crippen LogP contribution in [0.3, 0.4) is 0 Å². The van der Waals surface area contributed by atoms with Crippen molar-refractivity contribution >= 4 is 23.0 Å². The Kier molecular flexibility index (Phi) is 4.35. The lowest BCUT2D eigenvalue weighted by Gasteiger charge is -2.34. The molecule has 1 saturated heterocycles. The van der Waals surface area contributed by atoms with E-state index in [1.165, 1.54) is 24.8 Å². The van der Waals surface area contributed by atoms with Gasteiger partial charge in [0, 0.05) is 18.8 Å². The molecule has 1 aliphatic rings. The van der Waals surface area contributed by atoms with E-state index in [0.717, 1.165) is 35.4 Å². The Morgan fingerprint density at radius 3 is 2.43 bits per heavy atom. The minimum atomic E-state index is 0.725. The van der Waals surface area contributed by atoms with E-state index in [1.54, 1.807) is 0 Å². The first-order valence-corrected chi connectivity index (χ1v) is 7.94. The second-order valence-corrected chi connectivity index (χ2v) is 6.24. The van der Waals surface area contributed by atoms with Gasteiger partial charge in [-0.05, 0) is 48.9 Å². The van der Waals surface area contributed by atoms with E-state index in [2.05, 4.69) is 35.2 Å². The molecule has 0 unspecified atom stereocenters. The molecule has 0 bridgehead atoms. The van der Waals surface area contributed by atoms with Gasteiger partial charge in [0.2, 0.25) is 0 Å². The van der Waals surface area contributed by atoms with Crippen molar-refractivity contribution in [3.63, 3.8) is 0 Å². The maximum Gasteiger partial charge on any atom is 0.0660 e. The van der Waals surface area contributed by atoms with Gasteiger partial charge < -0.3 is 10.6 Å². The molecule has 0 amide bonds. The summed E-state index contributed by atoms with van der Waals surface area (Å²) in [6, 6.07) is 16.6. The van der Waals surface area contributed by atoms with Gasteiger partial charge in [-0.15, -0.1) is 0 Å². The first-order chi connectivity index (χ1) is 10.2. The maximum absolute atomic E-state index is 6.31. The smallest absolute Gasteiger partial charge is 0.0660 e. The van der Waals surface area contributed by atoms with E-state index >= 15 is 0 Å². The van der Waals surface area contributed by atoms with Crippen LogP contribution in [0.4, 0.5) is 11.4 Å². The van der Waals surface area contributed by atoms with Crippen LogP contribution in [0.15, 0.2) is 48.5 Å². The van der Waals surface area contributed by atoms with Crippen LogP contribution in [0.5, 0.6) is 0 Å². The molecule has 3 heteroatoms. The number of anilines is 2. The highest BCUT2D eigenvalue weighted by Crippen LogP contribution is 2.31. The highest BCUT2D eigenvalue weighted by Gasteiger charge is 2.21. The monoisotopic (exact) mass is 300 g/mol.